The minimum Gasteiger partial charge on any atom is -0.146 e. The fraction of sp³-hybridized carbons (Fsp3) is 0.200. The SMILES string of the molecule is Clc1nnc(CSc2nncs2)s1. The lowest BCUT2D eigenvalue weighted by Crippen LogP contribution is -1.78. The van der Waals surface area contributed by atoms with Crippen LogP contribution in [-0.2, 0) is 5.75 Å². The van der Waals surface area contributed by atoms with E-state index in [-0.39, 0.29) is 0 Å². The largest absolute Gasteiger partial charge is 0.207 e. The third-order valence-electron chi connectivity index (χ3n) is 1.10. The van der Waals surface area contributed by atoms with Gasteiger partial charge in [-0.05, 0) is 11.6 Å². The van der Waals surface area contributed by atoms with Crippen LogP contribution in [0.15, 0.2) is 9.85 Å². The molecule has 2 heterocycles. The van der Waals surface area contributed by atoms with Gasteiger partial charge in [0.15, 0.2) is 4.34 Å². The van der Waals surface area contributed by atoms with Crippen molar-refractivity contribution in [2.24, 2.45) is 0 Å². The molecule has 0 fully saturated rings. The zero-order valence-electron chi connectivity index (χ0n) is 6.18. The molecule has 0 radical (unpaired) electrons. The summed E-state index contributed by atoms with van der Waals surface area (Å²) in [5, 5.41) is 16.1. The number of hydrogen-bond acceptors (Lipinski definition) is 7. The molecule has 0 amide bonds. The molecule has 0 bridgehead atoms. The van der Waals surface area contributed by atoms with Crippen LogP contribution in [0.1, 0.15) is 5.01 Å². The Balaban J connectivity index is 1.93. The number of halogens is 1. The van der Waals surface area contributed by atoms with E-state index < -0.39 is 0 Å². The van der Waals surface area contributed by atoms with Crippen molar-refractivity contribution in [1.29, 1.82) is 0 Å². The molecule has 0 N–H and O–H groups in total. The molecule has 8 heteroatoms. The molecule has 0 saturated heterocycles. The highest BCUT2D eigenvalue weighted by molar-refractivity contribution is 8.00. The van der Waals surface area contributed by atoms with E-state index in [0.29, 0.717) is 4.47 Å². The second kappa shape index (κ2) is 4.32. The summed E-state index contributed by atoms with van der Waals surface area (Å²) in [6.45, 7) is 0. The van der Waals surface area contributed by atoms with Crippen LogP contribution >= 0.6 is 46.0 Å². The highest BCUT2D eigenvalue weighted by Gasteiger charge is 2.04. The van der Waals surface area contributed by atoms with Gasteiger partial charge in [-0.1, -0.05) is 34.4 Å². The minimum atomic E-state index is 0.480. The first-order chi connectivity index (χ1) is 6.34. The Bertz CT molecular complexity index is 373. The molecule has 0 aliphatic carbocycles. The van der Waals surface area contributed by atoms with Crippen LogP contribution in [0.2, 0.25) is 4.47 Å². The first kappa shape index (κ1) is 9.32. The van der Waals surface area contributed by atoms with Crippen molar-refractivity contribution in [3.05, 3.63) is 15.0 Å². The smallest absolute Gasteiger partial charge is 0.146 e. The molecule has 0 aromatic carbocycles. The van der Waals surface area contributed by atoms with Crippen molar-refractivity contribution >= 4 is 46.0 Å². The molecule has 13 heavy (non-hydrogen) atoms. The van der Waals surface area contributed by atoms with E-state index in [1.54, 1.807) is 17.3 Å². The molecular weight excluding hydrogens is 248 g/mol. The Kier molecular flexibility index (Phi) is 3.09. The van der Waals surface area contributed by atoms with Crippen LogP contribution in [0.5, 0.6) is 0 Å². The van der Waals surface area contributed by atoms with Gasteiger partial charge in [0.1, 0.15) is 10.5 Å². The summed E-state index contributed by atoms with van der Waals surface area (Å²) in [6, 6.07) is 0. The number of aromatic nitrogens is 4. The molecule has 2 aromatic rings. The Morgan fingerprint density at radius 3 is 2.92 bits per heavy atom. The van der Waals surface area contributed by atoms with Gasteiger partial charge < -0.3 is 0 Å². The van der Waals surface area contributed by atoms with E-state index in [1.165, 1.54) is 22.7 Å². The first-order valence-corrected chi connectivity index (χ1v) is 6.27. The number of rotatable bonds is 3. The van der Waals surface area contributed by atoms with Crippen molar-refractivity contribution in [2.75, 3.05) is 0 Å². The second-order valence-electron chi connectivity index (χ2n) is 1.94. The van der Waals surface area contributed by atoms with Crippen LogP contribution in [0.3, 0.4) is 0 Å². The fourth-order valence-electron chi connectivity index (χ4n) is 0.641. The Hall–Kier alpha value is -0.240. The molecule has 0 saturated carbocycles. The molecule has 0 atom stereocenters. The van der Waals surface area contributed by atoms with E-state index in [0.717, 1.165) is 15.1 Å². The quantitative estimate of drug-likeness (QED) is 0.783. The van der Waals surface area contributed by atoms with Crippen LogP contribution in [0, 0.1) is 0 Å². The zero-order chi connectivity index (χ0) is 9.10. The Morgan fingerprint density at radius 2 is 2.31 bits per heavy atom. The summed E-state index contributed by atoms with van der Waals surface area (Å²) in [5.41, 5.74) is 1.70. The molecule has 68 valence electrons. The minimum absolute atomic E-state index is 0.480. The summed E-state index contributed by atoms with van der Waals surface area (Å²) in [4.78, 5) is 0. The van der Waals surface area contributed by atoms with Gasteiger partial charge in [-0.3, -0.25) is 0 Å². The van der Waals surface area contributed by atoms with Crippen LogP contribution in [-0.4, -0.2) is 20.4 Å². The van der Waals surface area contributed by atoms with E-state index in [4.69, 9.17) is 11.6 Å². The highest BCUT2D eigenvalue weighted by atomic mass is 35.5. The van der Waals surface area contributed by atoms with Gasteiger partial charge in [-0.15, -0.1) is 20.4 Å². The first-order valence-electron chi connectivity index (χ1n) is 3.21. The van der Waals surface area contributed by atoms with Gasteiger partial charge in [-0.25, -0.2) is 0 Å². The predicted octanol–water partition coefficient (Wildman–Crippen LogP) is 2.34. The van der Waals surface area contributed by atoms with Crippen LogP contribution in [0.25, 0.3) is 0 Å². The van der Waals surface area contributed by atoms with Crippen molar-refractivity contribution in [2.45, 2.75) is 10.1 Å². The predicted molar refractivity (Wildman–Crippen MR) is 54.4 cm³/mol. The molecule has 2 rings (SSSR count). The van der Waals surface area contributed by atoms with Gasteiger partial charge in [0.25, 0.3) is 0 Å². The third-order valence-corrected chi connectivity index (χ3v) is 4.17. The molecule has 0 spiro atoms. The lowest BCUT2D eigenvalue weighted by atomic mass is 10.9. The summed E-state index contributed by atoms with van der Waals surface area (Å²) >= 11 is 10.1. The van der Waals surface area contributed by atoms with Gasteiger partial charge in [0, 0.05) is 0 Å². The molecule has 2 aromatic heterocycles. The summed E-state index contributed by atoms with van der Waals surface area (Å²) in [6.07, 6.45) is 0. The number of thioether (sulfide) groups is 1. The molecule has 0 aliphatic heterocycles. The maximum Gasteiger partial charge on any atom is 0.207 e. The maximum absolute atomic E-state index is 5.63. The zero-order valence-corrected chi connectivity index (χ0v) is 9.38. The van der Waals surface area contributed by atoms with Gasteiger partial charge in [0.05, 0.1) is 5.75 Å². The van der Waals surface area contributed by atoms with E-state index >= 15 is 0 Å². The number of nitrogens with zero attached hydrogens (tertiary/aromatic N) is 4. The lowest BCUT2D eigenvalue weighted by molar-refractivity contribution is 1.01. The monoisotopic (exact) mass is 250 g/mol. The van der Waals surface area contributed by atoms with E-state index in [9.17, 15) is 0 Å². The summed E-state index contributed by atoms with van der Waals surface area (Å²) in [5.74, 6) is 0.750. The van der Waals surface area contributed by atoms with Crippen molar-refractivity contribution in [3.63, 3.8) is 0 Å². The maximum atomic E-state index is 5.63. The van der Waals surface area contributed by atoms with E-state index in [2.05, 4.69) is 20.4 Å². The highest BCUT2D eigenvalue weighted by Crippen LogP contribution is 2.26. The van der Waals surface area contributed by atoms with Crippen molar-refractivity contribution < 1.29 is 0 Å². The summed E-state index contributed by atoms with van der Waals surface area (Å²) in [7, 11) is 0. The molecule has 4 nitrogen and oxygen atoms in total. The van der Waals surface area contributed by atoms with Crippen LogP contribution in [0.4, 0.5) is 0 Å². The Labute approximate surface area is 91.4 Å². The topological polar surface area (TPSA) is 51.6 Å². The Morgan fingerprint density at radius 1 is 1.38 bits per heavy atom. The third kappa shape index (κ3) is 2.60. The van der Waals surface area contributed by atoms with Gasteiger partial charge >= 0.3 is 0 Å². The average molecular weight is 251 g/mol. The lowest BCUT2D eigenvalue weighted by Gasteiger charge is -1.88. The van der Waals surface area contributed by atoms with Gasteiger partial charge in [-0.2, -0.15) is 0 Å². The molecule has 0 unspecified atom stereocenters. The van der Waals surface area contributed by atoms with Crippen LogP contribution < -0.4 is 0 Å². The normalized spacial score (nSPS) is 10.5. The second-order valence-corrected chi connectivity index (χ2v) is 5.64. The molecular formula is C5H3ClN4S3. The standard InChI is InChI=1S/C5H3ClN4S3/c6-4-9-8-3(13-4)1-11-5-10-7-2-12-5/h2H,1H2. The van der Waals surface area contributed by atoms with Crippen molar-refractivity contribution in [3.8, 4) is 0 Å². The number of hydrogen-bond donors (Lipinski definition) is 0. The average Bonchev–Trinajstić information content (AvgIpc) is 2.71. The van der Waals surface area contributed by atoms with Gasteiger partial charge in [0.2, 0.25) is 4.47 Å². The summed E-state index contributed by atoms with van der Waals surface area (Å²) < 4.78 is 1.42. The molecule has 0 aliphatic rings. The van der Waals surface area contributed by atoms with Crippen molar-refractivity contribution in [1.82, 2.24) is 20.4 Å². The fourth-order valence-corrected chi connectivity index (χ4v) is 2.98. The van der Waals surface area contributed by atoms with E-state index in [1.807, 2.05) is 0 Å².